The molecule has 0 unspecified atom stereocenters. The van der Waals surface area contributed by atoms with E-state index in [0.29, 0.717) is 23.8 Å². The molecule has 3 aromatic rings. The van der Waals surface area contributed by atoms with Gasteiger partial charge in [-0.3, -0.25) is 9.59 Å². The Labute approximate surface area is 154 Å². The number of hydrogen-bond acceptors (Lipinski definition) is 5. The number of carbonyl (C=O) groups is 2. The molecule has 0 atom stereocenters. The lowest BCUT2D eigenvalue weighted by Crippen LogP contribution is -2.58. The normalized spacial score (nSPS) is 14.1. The zero-order valence-corrected chi connectivity index (χ0v) is 14.7. The molecule has 2 aromatic carbocycles. The van der Waals surface area contributed by atoms with Crippen LogP contribution in [-0.2, 0) is 4.79 Å². The van der Waals surface area contributed by atoms with Gasteiger partial charge in [-0.15, -0.1) is 0 Å². The van der Waals surface area contributed by atoms with E-state index in [1.165, 1.54) is 11.3 Å². The zero-order valence-electron chi connectivity index (χ0n) is 13.9. The summed E-state index contributed by atoms with van der Waals surface area (Å²) in [7, 11) is 0. The Balaban J connectivity index is 1.24. The summed E-state index contributed by atoms with van der Waals surface area (Å²) in [6, 6.07) is 16.7. The third-order valence-corrected chi connectivity index (χ3v) is 5.11. The van der Waals surface area contributed by atoms with Crippen molar-refractivity contribution in [2.75, 3.05) is 19.6 Å². The number of carbonyl (C=O) groups excluding carboxylic acids is 2. The van der Waals surface area contributed by atoms with E-state index in [9.17, 15) is 9.59 Å². The van der Waals surface area contributed by atoms with Crippen molar-refractivity contribution in [1.29, 1.82) is 0 Å². The number of nitrogens with zero attached hydrogens (tertiary/aromatic N) is 2. The zero-order chi connectivity index (χ0) is 17.9. The van der Waals surface area contributed by atoms with Crippen molar-refractivity contribution >= 4 is 33.4 Å². The smallest absolute Gasteiger partial charge is 0.274 e. The van der Waals surface area contributed by atoms with Gasteiger partial charge in [0, 0.05) is 5.56 Å². The minimum absolute atomic E-state index is 0.0123. The summed E-state index contributed by atoms with van der Waals surface area (Å²) in [5.74, 6) is -0.361. The van der Waals surface area contributed by atoms with Crippen LogP contribution < -0.4 is 10.1 Å². The van der Waals surface area contributed by atoms with Crippen LogP contribution in [0.25, 0.3) is 10.2 Å². The van der Waals surface area contributed by atoms with Crippen molar-refractivity contribution in [3.8, 4) is 5.19 Å². The Morgan fingerprint density at radius 3 is 2.62 bits per heavy atom. The maximum absolute atomic E-state index is 12.1. The van der Waals surface area contributed by atoms with Gasteiger partial charge in [0.2, 0.25) is 5.91 Å². The largest absolute Gasteiger partial charge is 0.463 e. The molecule has 0 spiro atoms. The number of ether oxygens (including phenoxy) is 1. The fourth-order valence-corrected chi connectivity index (χ4v) is 3.60. The van der Waals surface area contributed by atoms with Gasteiger partial charge in [0.05, 0.1) is 29.9 Å². The van der Waals surface area contributed by atoms with E-state index in [-0.39, 0.29) is 24.5 Å². The number of fused-ring (bicyclic) bond motifs is 1. The molecule has 1 N–H and O–H groups in total. The quantitative estimate of drug-likeness (QED) is 0.751. The summed E-state index contributed by atoms with van der Waals surface area (Å²) in [4.78, 5) is 30.2. The Kier molecular flexibility index (Phi) is 4.53. The molecule has 0 saturated carbocycles. The molecule has 132 valence electrons. The maximum Gasteiger partial charge on any atom is 0.274 e. The topological polar surface area (TPSA) is 71.5 Å². The second kappa shape index (κ2) is 7.13. The van der Waals surface area contributed by atoms with Crippen molar-refractivity contribution < 1.29 is 14.3 Å². The summed E-state index contributed by atoms with van der Waals surface area (Å²) in [5, 5.41) is 3.27. The van der Waals surface area contributed by atoms with E-state index in [2.05, 4.69) is 10.3 Å². The van der Waals surface area contributed by atoms with Crippen molar-refractivity contribution in [2.45, 2.75) is 6.10 Å². The predicted octanol–water partition coefficient (Wildman–Crippen LogP) is 2.32. The summed E-state index contributed by atoms with van der Waals surface area (Å²) in [5.41, 5.74) is 1.46. The summed E-state index contributed by atoms with van der Waals surface area (Å²) < 4.78 is 6.92. The van der Waals surface area contributed by atoms with Gasteiger partial charge < -0.3 is 15.0 Å². The first-order chi connectivity index (χ1) is 12.7. The molecule has 7 heteroatoms. The van der Waals surface area contributed by atoms with Crippen LogP contribution in [0.2, 0.25) is 0 Å². The van der Waals surface area contributed by atoms with E-state index < -0.39 is 0 Å². The summed E-state index contributed by atoms with van der Waals surface area (Å²) in [6.07, 6.45) is -0.0515. The summed E-state index contributed by atoms with van der Waals surface area (Å²) >= 11 is 1.50. The van der Waals surface area contributed by atoms with Crippen molar-refractivity contribution in [3.05, 3.63) is 60.2 Å². The molecule has 1 aromatic heterocycles. The van der Waals surface area contributed by atoms with E-state index in [1.807, 2.05) is 30.3 Å². The van der Waals surface area contributed by atoms with Gasteiger partial charge in [-0.2, -0.15) is 0 Å². The fraction of sp³-hybridized carbons (Fsp3) is 0.211. The average Bonchev–Trinajstić information content (AvgIpc) is 3.05. The van der Waals surface area contributed by atoms with Crippen LogP contribution in [0.1, 0.15) is 10.4 Å². The minimum Gasteiger partial charge on any atom is -0.463 e. The van der Waals surface area contributed by atoms with E-state index in [4.69, 9.17) is 4.74 Å². The number of nitrogens with one attached hydrogen (secondary N) is 1. The molecular formula is C19H17N3O3S. The van der Waals surface area contributed by atoms with Crippen LogP contribution >= 0.6 is 11.3 Å². The number of thiazole rings is 1. The Morgan fingerprint density at radius 2 is 1.85 bits per heavy atom. The molecule has 6 nitrogen and oxygen atoms in total. The fourth-order valence-electron chi connectivity index (χ4n) is 2.72. The average molecular weight is 367 g/mol. The van der Waals surface area contributed by atoms with Crippen LogP contribution in [0.15, 0.2) is 54.6 Å². The first kappa shape index (κ1) is 16.5. The molecule has 1 aliphatic rings. The molecule has 4 rings (SSSR count). The summed E-state index contributed by atoms with van der Waals surface area (Å²) in [6.45, 7) is 1.01. The van der Waals surface area contributed by atoms with Gasteiger partial charge in [-0.1, -0.05) is 41.7 Å². The highest BCUT2D eigenvalue weighted by atomic mass is 32.1. The van der Waals surface area contributed by atoms with Crippen LogP contribution in [0.3, 0.4) is 0 Å². The molecule has 1 fully saturated rings. The minimum atomic E-state index is -0.248. The molecular weight excluding hydrogens is 350 g/mol. The lowest BCUT2D eigenvalue weighted by molar-refractivity contribution is -0.138. The SMILES string of the molecule is O=C(NCC(=O)N1CC(Oc2nc3ccccc3s2)C1)c1ccccc1. The number of benzene rings is 2. The standard InChI is InChI=1S/C19H17N3O3S/c23-17(10-20-18(24)13-6-2-1-3-7-13)22-11-14(12-22)25-19-21-15-8-4-5-9-16(15)26-19/h1-9,14H,10-12H2,(H,20,24). The first-order valence-corrected chi connectivity index (χ1v) is 9.14. The molecule has 0 radical (unpaired) electrons. The van der Waals surface area contributed by atoms with Crippen LogP contribution in [0.5, 0.6) is 5.19 Å². The molecule has 1 saturated heterocycles. The molecule has 2 heterocycles. The third-order valence-electron chi connectivity index (χ3n) is 4.18. The molecule has 0 bridgehead atoms. The van der Waals surface area contributed by atoms with Crippen molar-refractivity contribution in [2.24, 2.45) is 0 Å². The number of hydrogen-bond donors (Lipinski definition) is 1. The highest BCUT2D eigenvalue weighted by molar-refractivity contribution is 7.20. The van der Waals surface area contributed by atoms with Crippen molar-refractivity contribution in [3.63, 3.8) is 0 Å². The first-order valence-electron chi connectivity index (χ1n) is 8.32. The van der Waals surface area contributed by atoms with Gasteiger partial charge in [0.25, 0.3) is 11.1 Å². The number of likely N-dealkylation sites (tertiary alicyclic amines) is 1. The van der Waals surface area contributed by atoms with Gasteiger partial charge in [0.15, 0.2) is 0 Å². The van der Waals surface area contributed by atoms with Crippen LogP contribution in [0, 0.1) is 0 Å². The van der Waals surface area contributed by atoms with E-state index in [1.54, 1.807) is 29.2 Å². The second-order valence-corrected chi connectivity index (χ2v) is 7.03. The Bertz CT molecular complexity index is 902. The molecule has 26 heavy (non-hydrogen) atoms. The predicted molar refractivity (Wildman–Crippen MR) is 99.4 cm³/mol. The van der Waals surface area contributed by atoms with Gasteiger partial charge in [-0.25, -0.2) is 4.98 Å². The van der Waals surface area contributed by atoms with Crippen LogP contribution in [0.4, 0.5) is 0 Å². The van der Waals surface area contributed by atoms with Gasteiger partial charge in [0.1, 0.15) is 6.10 Å². The number of amides is 2. The Hall–Kier alpha value is -2.93. The van der Waals surface area contributed by atoms with E-state index >= 15 is 0 Å². The third kappa shape index (κ3) is 3.52. The molecule has 2 amide bonds. The van der Waals surface area contributed by atoms with E-state index in [0.717, 1.165) is 10.2 Å². The van der Waals surface area contributed by atoms with Crippen LogP contribution in [-0.4, -0.2) is 47.4 Å². The van der Waals surface area contributed by atoms with Gasteiger partial charge >= 0.3 is 0 Å². The monoisotopic (exact) mass is 367 g/mol. The highest BCUT2D eigenvalue weighted by Gasteiger charge is 2.32. The number of rotatable bonds is 5. The Morgan fingerprint density at radius 1 is 1.12 bits per heavy atom. The highest BCUT2D eigenvalue weighted by Crippen LogP contribution is 2.29. The van der Waals surface area contributed by atoms with Crippen molar-refractivity contribution in [1.82, 2.24) is 15.2 Å². The second-order valence-electron chi connectivity index (χ2n) is 6.03. The number of aromatic nitrogens is 1. The number of para-hydroxylation sites is 1. The lowest BCUT2D eigenvalue weighted by atomic mass is 10.1. The lowest BCUT2D eigenvalue weighted by Gasteiger charge is -2.38. The maximum atomic E-state index is 12.1. The van der Waals surface area contributed by atoms with Gasteiger partial charge in [-0.05, 0) is 24.3 Å². The molecule has 1 aliphatic heterocycles. The molecule has 0 aliphatic carbocycles.